The van der Waals surface area contributed by atoms with Gasteiger partial charge in [-0.2, -0.15) is 0 Å². The molecule has 1 saturated heterocycles. The Morgan fingerprint density at radius 3 is 2.59 bits per heavy atom. The molecule has 4 rings (SSSR count). The minimum absolute atomic E-state index is 0.0875. The van der Waals surface area contributed by atoms with Crippen molar-refractivity contribution in [3.05, 3.63) is 53.6 Å². The Morgan fingerprint density at radius 1 is 1.09 bits per heavy atom. The van der Waals surface area contributed by atoms with Crippen LogP contribution in [0.1, 0.15) is 40.5 Å². The molecule has 3 aromatic rings. The first kappa shape index (κ1) is 22.8. The molecule has 8 heteroatoms. The molecule has 168 valence electrons. The van der Waals surface area contributed by atoms with Gasteiger partial charge >= 0.3 is 0 Å². The lowest BCUT2D eigenvalue weighted by Gasteiger charge is -2.32. The summed E-state index contributed by atoms with van der Waals surface area (Å²) in [6, 6.07) is 12.8. The van der Waals surface area contributed by atoms with Crippen molar-refractivity contribution in [1.82, 2.24) is 14.8 Å². The molecule has 2 amide bonds. The molecular weight excluding hydrogens is 440 g/mol. The van der Waals surface area contributed by atoms with Crippen molar-refractivity contribution in [1.29, 1.82) is 0 Å². The molecule has 1 fully saturated rings. The third-order valence-electron chi connectivity index (χ3n) is 5.54. The van der Waals surface area contributed by atoms with Crippen molar-refractivity contribution in [3.8, 4) is 0 Å². The molecule has 0 atom stereocenters. The van der Waals surface area contributed by atoms with Crippen molar-refractivity contribution in [2.75, 3.05) is 44.3 Å². The number of nitrogens with one attached hydrogen (secondary N) is 1. The van der Waals surface area contributed by atoms with Crippen molar-refractivity contribution in [3.63, 3.8) is 0 Å². The number of anilines is 1. The predicted octanol–water partition coefficient (Wildman–Crippen LogP) is 4.83. The number of hydrogen-bond donors (Lipinski definition) is 1. The lowest BCUT2D eigenvalue weighted by molar-refractivity contribution is 0.0660. The standard InChI is InChI=1S/C24H28N4O2S2/c1-3-4-15-31-24-26-20-10-9-17(16-21(20)32-24)25-22(29)18-7-5-6-8-19(18)23(30)28-13-11-27(2)12-14-28/h5-10,16H,3-4,11-15H2,1-2H3,(H,25,29). The van der Waals surface area contributed by atoms with Crippen molar-refractivity contribution in [2.24, 2.45) is 0 Å². The average molecular weight is 469 g/mol. The molecule has 0 aliphatic carbocycles. The van der Waals surface area contributed by atoms with Gasteiger partial charge in [0, 0.05) is 37.6 Å². The van der Waals surface area contributed by atoms with Crippen LogP contribution in [0.2, 0.25) is 0 Å². The monoisotopic (exact) mass is 468 g/mol. The number of unbranched alkanes of at least 4 members (excludes halogenated alkanes) is 1. The summed E-state index contributed by atoms with van der Waals surface area (Å²) >= 11 is 3.43. The maximum atomic E-state index is 13.1. The van der Waals surface area contributed by atoms with Crippen LogP contribution in [0.3, 0.4) is 0 Å². The van der Waals surface area contributed by atoms with Crippen LogP contribution in [0.25, 0.3) is 10.2 Å². The van der Waals surface area contributed by atoms with Gasteiger partial charge in [0.25, 0.3) is 11.8 Å². The quantitative estimate of drug-likeness (QED) is 0.397. The molecule has 2 aromatic carbocycles. The van der Waals surface area contributed by atoms with Crippen LogP contribution in [0.15, 0.2) is 46.8 Å². The molecular formula is C24H28N4O2S2. The SMILES string of the molecule is CCCCSc1nc2ccc(NC(=O)c3ccccc3C(=O)N3CCN(C)CC3)cc2s1. The van der Waals surface area contributed by atoms with E-state index in [1.165, 1.54) is 12.8 Å². The number of rotatable bonds is 7. The third-order valence-corrected chi connectivity index (χ3v) is 7.79. The van der Waals surface area contributed by atoms with Crippen LogP contribution >= 0.6 is 23.1 Å². The Hall–Kier alpha value is -2.42. The number of piperazine rings is 1. The number of thiazole rings is 1. The zero-order valence-corrected chi connectivity index (χ0v) is 20.1. The number of carbonyl (C=O) groups excluding carboxylic acids is 2. The molecule has 1 aliphatic heterocycles. The molecule has 32 heavy (non-hydrogen) atoms. The molecule has 1 aliphatic rings. The molecule has 6 nitrogen and oxygen atoms in total. The van der Waals surface area contributed by atoms with Crippen LogP contribution in [-0.2, 0) is 0 Å². The van der Waals surface area contributed by atoms with Gasteiger partial charge in [-0.05, 0) is 43.8 Å². The van der Waals surface area contributed by atoms with Gasteiger partial charge in [-0.3, -0.25) is 9.59 Å². The van der Waals surface area contributed by atoms with Gasteiger partial charge in [-0.15, -0.1) is 11.3 Å². The van der Waals surface area contributed by atoms with E-state index < -0.39 is 0 Å². The second kappa shape index (κ2) is 10.5. The van der Waals surface area contributed by atoms with Gasteiger partial charge in [-0.1, -0.05) is 37.2 Å². The number of thioether (sulfide) groups is 1. The summed E-state index contributed by atoms with van der Waals surface area (Å²) in [7, 11) is 2.05. The first-order chi connectivity index (χ1) is 15.5. The first-order valence-electron chi connectivity index (χ1n) is 11.0. The largest absolute Gasteiger partial charge is 0.336 e. The number of hydrogen-bond acceptors (Lipinski definition) is 6. The van der Waals surface area contributed by atoms with Crippen molar-refractivity contribution >= 4 is 50.8 Å². The number of likely N-dealkylation sites (N-methyl/N-ethyl adjacent to an activating group) is 1. The highest BCUT2D eigenvalue weighted by atomic mass is 32.2. The summed E-state index contributed by atoms with van der Waals surface area (Å²) in [6.07, 6.45) is 2.35. The number of aromatic nitrogens is 1. The molecule has 0 saturated carbocycles. The minimum atomic E-state index is -0.274. The minimum Gasteiger partial charge on any atom is -0.336 e. The molecule has 0 spiro atoms. The number of benzene rings is 2. The molecule has 1 aromatic heterocycles. The highest BCUT2D eigenvalue weighted by Gasteiger charge is 2.24. The van der Waals surface area contributed by atoms with E-state index in [0.29, 0.717) is 29.9 Å². The third kappa shape index (κ3) is 5.31. The summed E-state index contributed by atoms with van der Waals surface area (Å²) < 4.78 is 2.10. The average Bonchev–Trinajstić information content (AvgIpc) is 3.21. The Bertz CT molecular complexity index is 1110. The molecule has 0 bridgehead atoms. The van der Waals surface area contributed by atoms with Crippen LogP contribution in [-0.4, -0.2) is 65.6 Å². The van der Waals surface area contributed by atoms with Gasteiger partial charge in [0.15, 0.2) is 4.34 Å². The topological polar surface area (TPSA) is 65.5 Å². The van der Waals surface area contributed by atoms with E-state index in [1.807, 2.05) is 23.1 Å². The Kier molecular flexibility index (Phi) is 7.44. The van der Waals surface area contributed by atoms with Crippen LogP contribution in [0.4, 0.5) is 5.69 Å². The number of amides is 2. The Labute approximate surface area is 197 Å². The summed E-state index contributed by atoms with van der Waals surface area (Å²) in [5.74, 6) is 0.706. The van der Waals surface area contributed by atoms with Gasteiger partial charge in [0.2, 0.25) is 0 Å². The number of carbonyl (C=O) groups is 2. The fourth-order valence-corrected chi connectivity index (χ4v) is 5.85. The zero-order chi connectivity index (χ0) is 22.5. The van der Waals surface area contributed by atoms with Gasteiger partial charge in [0.1, 0.15) is 0 Å². The second-order valence-corrected chi connectivity index (χ2v) is 10.3. The van der Waals surface area contributed by atoms with Gasteiger partial charge < -0.3 is 15.1 Å². The summed E-state index contributed by atoms with van der Waals surface area (Å²) in [5, 5.41) is 2.97. The lowest BCUT2D eigenvalue weighted by atomic mass is 10.0. The zero-order valence-electron chi connectivity index (χ0n) is 18.5. The van der Waals surface area contributed by atoms with E-state index in [1.54, 1.807) is 47.4 Å². The number of nitrogens with zero attached hydrogens (tertiary/aromatic N) is 3. The van der Waals surface area contributed by atoms with Crippen LogP contribution < -0.4 is 5.32 Å². The molecule has 0 unspecified atom stereocenters. The van der Waals surface area contributed by atoms with E-state index in [0.717, 1.165) is 33.4 Å². The van der Waals surface area contributed by atoms with Crippen LogP contribution in [0, 0.1) is 0 Å². The molecule has 1 N–H and O–H groups in total. The Morgan fingerprint density at radius 2 is 1.84 bits per heavy atom. The highest BCUT2D eigenvalue weighted by molar-refractivity contribution is 8.01. The summed E-state index contributed by atoms with van der Waals surface area (Å²) in [4.78, 5) is 34.9. The summed E-state index contributed by atoms with van der Waals surface area (Å²) in [5.41, 5.74) is 2.50. The summed E-state index contributed by atoms with van der Waals surface area (Å²) in [6.45, 7) is 5.21. The normalized spacial score (nSPS) is 14.6. The Balaban J connectivity index is 1.49. The van der Waals surface area contributed by atoms with E-state index in [4.69, 9.17) is 0 Å². The molecule has 2 heterocycles. The van der Waals surface area contributed by atoms with E-state index in [-0.39, 0.29) is 11.8 Å². The van der Waals surface area contributed by atoms with E-state index in [2.05, 4.69) is 29.2 Å². The van der Waals surface area contributed by atoms with Gasteiger partial charge in [-0.25, -0.2) is 4.98 Å². The van der Waals surface area contributed by atoms with Crippen molar-refractivity contribution in [2.45, 2.75) is 24.1 Å². The first-order valence-corrected chi connectivity index (χ1v) is 12.8. The smallest absolute Gasteiger partial charge is 0.256 e. The fourth-order valence-electron chi connectivity index (χ4n) is 3.59. The predicted molar refractivity (Wildman–Crippen MR) is 133 cm³/mol. The lowest BCUT2D eigenvalue weighted by Crippen LogP contribution is -2.47. The van der Waals surface area contributed by atoms with Gasteiger partial charge in [0.05, 0.1) is 21.3 Å². The maximum absolute atomic E-state index is 13.1. The number of fused-ring (bicyclic) bond motifs is 1. The molecule has 0 radical (unpaired) electrons. The maximum Gasteiger partial charge on any atom is 0.256 e. The van der Waals surface area contributed by atoms with E-state index in [9.17, 15) is 9.59 Å². The van der Waals surface area contributed by atoms with Crippen molar-refractivity contribution < 1.29 is 9.59 Å². The van der Waals surface area contributed by atoms with E-state index >= 15 is 0 Å². The second-order valence-electron chi connectivity index (χ2n) is 7.96. The fraction of sp³-hybridized carbons (Fsp3) is 0.375. The highest BCUT2D eigenvalue weighted by Crippen LogP contribution is 2.32. The van der Waals surface area contributed by atoms with Crippen LogP contribution in [0.5, 0.6) is 0 Å².